The molecule has 1 saturated carbocycles. The third-order valence-electron chi connectivity index (χ3n) is 7.88. The summed E-state index contributed by atoms with van der Waals surface area (Å²) >= 11 is 0. The normalized spacial score (nSPS) is 17.9. The number of anilines is 1. The number of nitrogens with zero attached hydrogens (tertiary/aromatic N) is 2. The number of aliphatic hydroxyl groups is 1. The highest BCUT2D eigenvalue weighted by Crippen LogP contribution is 2.38. The second kappa shape index (κ2) is 12.7. The first-order valence-electron chi connectivity index (χ1n) is 14.4. The molecule has 0 spiro atoms. The summed E-state index contributed by atoms with van der Waals surface area (Å²) in [5.41, 5.74) is 6.92. The van der Waals surface area contributed by atoms with Gasteiger partial charge in [-0.05, 0) is 69.4 Å². The van der Waals surface area contributed by atoms with E-state index in [1.54, 1.807) is 39.0 Å². The van der Waals surface area contributed by atoms with Gasteiger partial charge in [-0.15, -0.1) is 0 Å². The van der Waals surface area contributed by atoms with Crippen LogP contribution in [0.15, 0.2) is 42.5 Å². The smallest absolute Gasteiger partial charge is 0.449 e. The van der Waals surface area contributed by atoms with Gasteiger partial charge < -0.3 is 25.8 Å². The van der Waals surface area contributed by atoms with Crippen LogP contribution >= 0.6 is 0 Å². The van der Waals surface area contributed by atoms with Crippen LogP contribution in [0.5, 0.6) is 5.75 Å². The van der Waals surface area contributed by atoms with Gasteiger partial charge in [0.05, 0.1) is 7.11 Å². The number of primary amides is 1. The van der Waals surface area contributed by atoms with E-state index in [0.717, 1.165) is 29.0 Å². The van der Waals surface area contributed by atoms with Gasteiger partial charge in [0.1, 0.15) is 17.3 Å². The minimum atomic E-state index is -1.22. The zero-order valence-electron chi connectivity index (χ0n) is 25.3. The molecule has 1 saturated heterocycles. The fourth-order valence-corrected chi connectivity index (χ4v) is 5.22. The maximum absolute atomic E-state index is 13.8. The summed E-state index contributed by atoms with van der Waals surface area (Å²) in [6, 6.07) is 10.4. The number of rotatable bonds is 12. The topological polar surface area (TPSA) is 168 Å². The van der Waals surface area contributed by atoms with Crippen LogP contribution in [-0.4, -0.2) is 69.4 Å². The van der Waals surface area contributed by atoms with E-state index >= 15 is 0 Å². The number of amides is 5. The SMILES string of the molecule is COc1cc(CN2C(=O)N(C(CC3CC3)C(=O)NC(C)CC(N)=O)C(=O)C2(C)C)ccc1NC(O)=[NH+]c1ccccc1C. The second-order valence-electron chi connectivity index (χ2n) is 11.8. The van der Waals surface area contributed by atoms with Crippen LogP contribution < -0.4 is 26.1 Å². The summed E-state index contributed by atoms with van der Waals surface area (Å²) in [7, 11) is 1.49. The van der Waals surface area contributed by atoms with Crippen molar-refractivity contribution >= 4 is 41.1 Å². The molecule has 1 heterocycles. The average Bonchev–Trinajstić information content (AvgIpc) is 3.74. The standard InChI is InChI=1S/C31H40N6O6/c1-18-8-6-7-9-22(18)34-29(41)35-23-13-12-21(16-25(23)43-5)17-36-30(42)37(28(40)31(36,3)4)24(15-20-10-11-20)27(39)33-19(2)14-26(32)38/h6-9,12-13,16,19-20,24H,10-11,14-15,17H2,1-5H3,(H2,32,38)(H,33,39)(H2,34,35,41)/p+1. The molecule has 230 valence electrons. The molecule has 5 amide bonds. The highest BCUT2D eigenvalue weighted by atomic mass is 16.5. The average molecular weight is 594 g/mol. The van der Waals surface area contributed by atoms with Crippen LogP contribution in [-0.2, 0) is 20.9 Å². The first kappa shape index (κ1) is 31.3. The number of aryl methyl sites for hydroxylation is 1. The van der Waals surface area contributed by atoms with E-state index in [4.69, 9.17) is 10.5 Å². The molecule has 4 rings (SSSR count). The van der Waals surface area contributed by atoms with Crippen molar-refractivity contribution in [3.05, 3.63) is 53.6 Å². The number of hydrogen-bond donors (Lipinski definition) is 5. The van der Waals surface area contributed by atoms with Crippen LogP contribution in [0, 0.1) is 12.8 Å². The van der Waals surface area contributed by atoms with E-state index in [0.29, 0.717) is 23.4 Å². The third kappa shape index (κ3) is 7.25. The number of carbonyl (C=O) groups excluding carboxylic acids is 4. The Hall–Kier alpha value is -4.61. The van der Waals surface area contributed by atoms with E-state index in [-0.39, 0.29) is 24.9 Å². The number of amidine groups is 1. The Labute approximate surface area is 251 Å². The molecule has 0 radical (unpaired) electrons. The van der Waals surface area contributed by atoms with Crippen LogP contribution in [0.1, 0.15) is 57.6 Å². The number of para-hydroxylation sites is 1. The lowest BCUT2D eigenvalue weighted by molar-refractivity contribution is -0.366. The molecule has 12 heteroatoms. The molecule has 2 unspecified atom stereocenters. The van der Waals surface area contributed by atoms with Gasteiger partial charge in [0.15, 0.2) is 11.4 Å². The molecular formula is C31H41N6O6+. The predicted molar refractivity (Wildman–Crippen MR) is 160 cm³/mol. The zero-order valence-corrected chi connectivity index (χ0v) is 25.3. The Morgan fingerprint density at radius 1 is 1.19 bits per heavy atom. The maximum Gasteiger partial charge on any atom is 0.449 e. The largest absolute Gasteiger partial charge is 0.492 e. The number of methoxy groups -OCH3 is 1. The van der Waals surface area contributed by atoms with E-state index in [9.17, 15) is 24.3 Å². The summed E-state index contributed by atoms with van der Waals surface area (Å²) in [4.78, 5) is 57.6. The first-order chi connectivity index (χ1) is 20.3. The van der Waals surface area contributed by atoms with E-state index in [1.807, 2.05) is 31.2 Å². The molecule has 0 bridgehead atoms. The van der Waals surface area contributed by atoms with Gasteiger partial charge in [-0.2, -0.15) is 0 Å². The zero-order chi connectivity index (χ0) is 31.5. The fourth-order valence-electron chi connectivity index (χ4n) is 5.22. The van der Waals surface area contributed by atoms with E-state index in [1.165, 1.54) is 12.0 Å². The molecule has 2 atom stereocenters. The monoisotopic (exact) mass is 593 g/mol. The van der Waals surface area contributed by atoms with Crippen molar-refractivity contribution < 1.29 is 34.0 Å². The number of nitrogens with two attached hydrogens (primary N) is 1. The predicted octanol–water partition coefficient (Wildman–Crippen LogP) is 1.83. The second-order valence-corrected chi connectivity index (χ2v) is 11.8. The molecule has 12 nitrogen and oxygen atoms in total. The lowest BCUT2D eigenvalue weighted by atomic mass is 10.0. The summed E-state index contributed by atoms with van der Waals surface area (Å²) in [6.45, 7) is 6.97. The number of urea groups is 1. The number of ether oxygens (including phenoxy) is 1. The van der Waals surface area contributed by atoms with Gasteiger partial charge in [0.25, 0.3) is 5.91 Å². The Morgan fingerprint density at radius 3 is 2.51 bits per heavy atom. The van der Waals surface area contributed by atoms with Crippen LogP contribution in [0.4, 0.5) is 16.2 Å². The quantitative estimate of drug-likeness (QED) is 0.142. The number of benzene rings is 2. The molecule has 2 aromatic rings. The number of carbonyl (C=O) groups is 4. The van der Waals surface area contributed by atoms with Gasteiger partial charge >= 0.3 is 12.1 Å². The molecule has 1 aliphatic heterocycles. The van der Waals surface area contributed by atoms with Crippen molar-refractivity contribution in [2.75, 3.05) is 12.4 Å². The number of imide groups is 1. The number of hydrogen-bond acceptors (Lipinski definition) is 5. The van der Waals surface area contributed by atoms with E-state index < -0.39 is 41.4 Å². The van der Waals surface area contributed by atoms with Crippen LogP contribution in [0.25, 0.3) is 0 Å². The number of nitrogens with one attached hydrogen (secondary N) is 3. The summed E-state index contributed by atoms with van der Waals surface area (Å²) in [5.74, 6) is -0.838. The summed E-state index contributed by atoms with van der Waals surface area (Å²) < 4.78 is 5.55. The van der Waals surface area contributed by atoms with Gasteiger partial charge in [-0.25, -0.2) is 20.0 Å². The summed E-state index contributed by atoms with van der Waals surface area (Å²) in [6.07, 6.45) is 2.17. The van der Waals surface area contributed by atoms with Crippen molar-refractivity contribution in [2.45, 2.75) is 77.5 Å². The van der Waals surface area contributed by atoms with Crippen molar-refractivity contribution in [1.29, 1.82) is 0 Å². The Bertz CT molecular complexity index is 1440. The van der Waals surface area contributed by atoms with Crippen LogP contribution in [0.2, 0.25) is 0 Å². The molecule has 43 heavy (non-hydrogen) atoms. The van der Waals surface area contributed by atoms with Gasteiger partial charge in [0.2, 0.25) is 11.8 Å². The molecule has 2 aliphatic rings. The minimum Gasteiger partial charge on any atom is -0.492 e. The van der Waals surface area contributed by atoms with Crippen molar-refractivity contribution in [1.82, 2.24) is 15.1 Å². The highest BCUT2D eigenvalue weighted by molar-refractivity contribution is 6.09. The van der Waals surface area contributed by atoms with Crippen molar-refractivity contribution in [3.63, 3.8) is 0 Å². The van der Waals surface area contributed by atoms with E-state index in [2.05, 4.69) is 15.6 Å². The Balaban J connectivity index is 1.53. The van der Waals surface area contributed by atoms with Crippen molar-refractivity contribution in [3.8, 4) is 5.75 Å². The number of aliphatic hydroxyl groups excluding tert-OH is 1. The fraction of sp³-hybridized carbons (Fsp3) is 0.452. The molecule has 2 aromatic carbocycles. The molecular weight excluding hydrogens is 552 g/mol. The Morgan fingerprint density at radius 2 is 1.88 bits per heavy atom. The van der Waals surface area contributed by atoms with Gasteiger partial charge in [-0.3, -0.25) is 14.4 Å². The lowest BCUT2D eigenvalue weighted by Gasteiger charge is -2.28. The molecule has 0 aromatic heterocycles. The third-order valence-corrected chi connectivity index (χ3v) is 7.88. The Kier molecular flexibility index (Phi) is 9.27. The highest BCUT2D eigenvalue weighted by Gasteiger charge is 2.55. The lowest BCUT2D eigenvalue weighted by Crippen LogP contribution is -2.69. The summed E-state index contributed by atoms with van der Waals surface area (Å²) in [5, 5.41) is 16.2. The maximum atomic E-state index is 13.8. The molecule has 6 N–H and O–H groups in total. The van der Waals surface area contributed by atoms with Crippen LogP contribution in [0.3, 0.4) is 0 Å². The van der Waals surface area contributed by atoms with Gasteiger partial charge in [0, 0.05) is 19.0 Å². The molecule has 2 fully saturated rings. The van der Waals surface area contributed by atoms with Gasteiger partial charge in [-0.1, -0.05) is 37.1 Å². The first-order valence-corrected chi connectivity index (χ1v) is 14.4. The minimum absolute atomic E-state index is 0.0500. The molecule has 1 aliphatic carbocycles. The van der Waals surface area contributed by atoms with Crippen molar-refractivity contribution in [2.24, 2.45) is 11.7 Å².